The zero-order valence-electron chi connectivity index (χ0n) is 20.2. The fraction of sp³-hybridized carbons (Fsp3) is 0.300. The number of allylic oxidation sites excluding steroid dienone is 1. The molecule has 0 N–H and O–H groups in total. The number of hydrogen-bond acceptors (Lipinski definition) is 2. The summed E-state index contributed by atoms with van der Waals surface area (Å²) in [6.45, 7) is 5.00. The van der Waals surface area contributed by atoms with Crippen LogP contribution in [0.3, 0.4) is 0 Å². The van der Waals surface area contributed by atoms with Crippen molar-refractivity contribution in [3.8, 4) is 0 Å². The molecule has 0 saturated heterocycles. The number of amidine groups is 1. The first-order valence-corrected chi connectivity index (χ1v) is 12.4. The minimum absolute atomic E-state index is 0.0611. The molecule has 3 aromatic carbocycles. The van der Waals surface area contributed by atoms with Crippen LogP contribution in [0.25, 0.3) is 5.57 Å². The molecule has 3 nitrogen and oxygen atoms in total. The highest BCUT2D eigenvalue weighted by Gasteiger charge is 2.29. The van der Waals surface area contributed by atoms with Gasteiger partial charge in [0.05, 0.1) is 18.7 Å². The molecule has 4 heteroatoms. The Labute approximate surface area is 208 Å². The second-order valence-electron chi connectivity index (χ2n) is 9.12. The summed E-state index contributed by atoms with van der Waals surface area (Å²) in [5.41, 5.74) is 4.90. The van der Waals surface area contributed by atoms with Crippen molar-refractivity contribution in [3.63, 3.8) is 0 Å². The van der Waals surface area contributed by atoms with Crippen LogP contribution < -0.4 is 0 Å². The smallest absolute Gasteiger partial charge is 0.135 e. The van der Waals surface area contributed by atoms with Crippen molar-refractivity contribution in [1.82, 2.24) is 4.90 Å². The quantitative estimate of drug-likeness (QED) is 0.260. The summed E-state index contributed by atoms with van der Waals surface area (Å²) in [4.78, 5) is 7.71. The van der Waals surface area contributed by atoms with E-state index in [0.717, 1.165) is 29.3 Å². The first-order chi connectivity index (χ1) is 16.6. The second kappa shape index (κ2) is 11.5. The van der Waals surface area contributed by atoms with Gasteiger partial charge in [0.25, 0.3) is 0 Å². The van der Waals surface area contributed by atoms with Crippen LogP contribution in [-0.4, -0.2) is 30.5 Å². The molecule has 0 saturated carbocycles. The lowest BCUT2D eigenvalue weighted by atomic mass is 9.90. The molecule has 4 rings (SSSR count). The van der Waals surface area contributed by atoms with Crippen molar-refractivity contribution >= 4 is 23.0 Å². The third-order valence-electron chi connectivity index (χ3n) is 6.39. The minimum Gasteiger partial charge on any atom is -0.382 e. The van der Waals surface area contributed by atoms with Gasteiger partial charge in [-0.1, -0.05) is 98.2 Å². The van der Waals surface area contributed by atoms with Crippen molar-refractivity contribution in [2.75, 3.05) is 13.7 Å². The first kappa shape index (κ1) is 24.3. The van der Waals surface area contributed by atoms with Gasteiger partial charge in [0.15, 0.2) is 0 Å². The van der Waals surface area contributed by atoms with Crippen LogP contribution in [0.4, 0.5) is 0 Å². The highest BCUT2D eigenvalue weighted by molar-refractivity contribution is 6.30. The van der Waals surface area contributed by atoms with Crippen molar-refractivity contribution < 1.29 is 4.74 Å². The molecule has 2 atom stereocenters. The van der Waals surface area contributed by atoms with E-state index in [9.17, 15) is 0 Å². The average Bonchev–Trinajstić information content (AvgIpc) is 2.87. The van der Waals surface area contributed by atoms with E-state index in [0.29, 0.717) is 12.5 Å². The van der Waals surface area contributed by atoms with Crippen LogP contribution >= 0.6 is 11.6 Å². The summed E-state index contributed by atoms with van der Waals surface area (Å²) in [5.74, 6) is 1.34. The highest BCUT2D eigenvalue weighted by atomic mass is 35.5. The molecule has 0 amide bonds. The number of ether oxygens (including phenoxy) is 1. The maximum Gasteiger partial charge on any atom is 0.135 e. The molecule has 0 unspecified atom stereocenters. The average molecular weight is 473 g/mol. The largest absolute Gasteiger partial charge is 0.382 e. The first-order valence-electron chi connectivity index (χ1n) is 12.0. The summed E-state index contributed by atoms with van der Waals surface area (Å²) >= 11 is 6.17. The van der Waals surface area contributed by atoms with Crippen molar-refractivity contribution in [1.29, 1.82) is 0 Å². The van der Waals surface area contributed by atoms with Gasteiger partial charge in [0.1, 0.15) is 5.84 Å². The van der Waals surface area contributed by atoms with E-state index in [1.54, 1.807) is 7.11 Å². The Balaban J connectivity index is 1.86. The van der Waals surface area contributed by atoms with E-state index < -0.39 is 0 Å². The van der Waals surface area contributed by atoms with Crippen LogP contribution in [0, 0.1) is 5.92 Å². The molecular weight excluding hydrogens is 440 g/mol. The number of aliphatic imine (C=N–C) groups is 1. The molecule has 0 bridgehead atoms. The van der Waals surface area contributed by atoms with E-state index in [1.807, 2.05) is 12.1 Å². The number of methoxy groups -OCH3 is 1. The van der Waals surface area contributed by atoms with Gasteiger partial charge in [-0.2, -0.15) is 0 Å². The fourth-order valence-electron chi connectivity index (χ4n) is 4.43. The van der Waals surface area contributed by atoms with Gasteiger partial charge < -0.3 is 9.64 Å². The summed E-state index contributed by atoms with van der Waals surface area (Å²) in [6, 6.07) is 29.7. The minimum atomic E-state index is 0.0611. The van der Waals surface area contributed by atoms with Gasteiger partial charge in [-0.3, -0.25) is 4.99 Å². The van der Waals surface area contributed by atoms with Crippen LogP contribution in [-0.2, 0) is 4.74 Å². The Hall–Kier alpha value is -2.88. The lowest BCUT2D eigenvalue weighted by Gasteiger charge is -2.37. The normalized spacial score (nSPS) is 17.6. The van der Waals surface area contributed by atoms with Crippen LogP contribution in [0.2, 0.25) is 5.02 Å². The SMILES string of the molecule is COC[C@H](N=C(c1ccccc1)N1C=C(c2ccc(Cl)cc2)CC[C@H]1c1ccccc1)C(C)C. The summed E-state index contributed by atoms with van der Waals surface area (Å²) in [6.07, 6.45) is 4.28. The number of halogens is 1. The lowest BCUT2D eigenvalue weighted by molar-refractivity contribution is 0.164. The van der Waals surface area contributed by atoms with E-state index in [4.69, 9.17) is 21.3 Å². The number of nitrogens with zero attached hydrogens (tertiary/aromatic N) is 2. The predicted molar refractivity (Wildman–Crippen MR) is 143 cm³/mol. The summed E-state index contributed by atoms with van der Waals surface area (Å²) in [5, 5.41) is 0.755. The molecule has 0 aromatic heterocycles. The van der Waals surface area contributed by atoms with Crippen LogP contribution in [0.15, 0.2) is 96.1 Å². The van der Waals surface area contributed by atoms with E-state index in [1.165, 1.54) is 16.7 Å². The predicted octanol–water partition coefficient (Wildman–Crippen LogP) is 7.64. The monoisotopic (exact) mass is 472 g/mol. The Morgan fingerprint density at radius 2 is 1.62 bits per heavy atom. The molecule has 3 aromatic rings. The summed E-state index contributed by atoms with van der Waals surface area (Å²) < 4.78 is 5.55. The highest BCUT2D eigenvalue weighted by Crippen LogP contribution is 2.38. The molecular formula is C30H33ClN2O. The molecule has 1 aliphatic rings. The third kappa shape index (κ3) is 5.78. The van der Waals surface area contributed by atoms with Crippen LogP contribution in [0.1, 0.15) is 49.4 Å². The van der Waals surface area contributed by atoms with E-state index in [2.05, 4.69) is 97.7 Å². The van der Waals surface area contributed by atoms with Gasteiger partial charge >= 0.3 is 0 Å². The maximum absolute atomic E-state index is 6.17. The Kier molecular flexibility index (Phi) is 8.21. The maximum atomic E-state index is 6.17. The van der Waals surface area contributed by atoms with Gasteiger partial charge in [-0.15, -0.1) is 0 Å². The van der Waals surface area contributed by atoms with Gasteiger partial charge in [0.2, 0.25) is 0 Å². The molecule has 0 radical (unpaired) electrons. The zero-order valence-corrected chi connectivity index (χ0v) is 21.0. The van der Waals surface area contributed by atoms with E-state index in [-0.39, 0.29) is 12.1 Å². The molecule has 34 heavy (non-hydrogen) atoms. The lowest BCUT2D eigenvalue weighted by Crippen LogP contribution is -2.36. The fourth-order valence-corrected chi connectivity index (χ4v) is 4.56. The Morgan fingerprint density at radius 1 is 0.971 bits per heavy atom. The van der Waals surface area contributed by atoms with Crippen LogP contribution in [0.5, 0.6) is 0 Å². The molecule has 1 aliphatic heterocycles. The Bertz CT molecular complexity index is 1110. The molecule has 0 fully saturated rings. The molecule has 176 valence electrons. The topological polar surface area (TPSA) is 24.8 Å². The van der Waals surface area contributed by atoms with Crippen molar-refractivity contribution in [3.05, 3.63) is 113 Å². The molecule has 0 spiro atoms. The number of hydrogen-bond donors (Lipinski definition) is 0. The van der Waals surface area contributed by atoms with Gasteiger partial charge in [-0.25, -0.2) is 0 Å². The molecule has 0 aliphatic carbocycles. The molecule has 1 heterocycles. The third-order valence-corrected chi connectivity index (χ3v) is 6.64. The van der Waals surface area contributed by atoms with E-state index >= 15 is 0 Å². The van der Waals surface area contributed by atoms with Gasteiger partial charge in [0, 0.05) is 23.9 Å². The number of benzene rings is 3. The van der Waals surface area contributed by atoms with Gasteiger partial charge in [-0.05, 0) is 47.6 Å². The second-order valence-corrected chi connectivity index (χ2v) is 9.56. The van der Waals surface area contributed by atoms with Crippen molar-refractivity contribution in [2.24, 2.45) is 10.9 Å². The number of rotatable bonds is 7. The zero-order chi connectivity index (χ0) is 23.9. The summed E-state index contributed by atoms with van der Waals surface area (Å²) in [7, 11) is 1.75. The van der Waals surface area contributed by atoms with Crippen molar-refractivity contribution in [2.45, 2.75) is 38.8 Å². The Morgan fingerprint density at radius 3 is 2.24 bits per heavy atom. The standard InChI is InChI=1S/C30H33ClN2O/c1-22(2)28(21-34-3)32-30(25-12-8-5-9-13-25)33-20-26(23-14-17-27(31)18-15-23)16-19-29(33)24-10-6-4-7-11-24/h4-15,17-18,20,22,28-29H,16,19,21H2,1-3H3/t28-,29-/m0/s1.